The molecule has 2 atom stereocenters. The molecule has 2 heterocycles. The molecular weight excluding hydrogens is 200 g/mol. The van der Waals surface area contributed by atoms with Crippen LogP contribution in [0.15, 0.2) is 0 Å². The van der Waals surface area contributed by atoms with Crippen LogP contribution in [0.4, 0.5) is 0 Å². The molecule has 0 aromatic carbocycles. The van der Waals surface area contributed by atoms with Crippen molar-refractivity contribution in [2.45, 2.75) is 38.1 Å². The molecule has 2 rings (SSSR count). The topological polar surface area (TPSA) is 81.1 Å². The average molecular weight is 214 g/mol. The number of nitrogens with zero attached hydrogens (tertiary/aromatic N) is 2. The predicted octanol–water partition coefficient (Wildman–Crippen LogP) is -1.17. The van der Waals surface area contributed by atoms with Crippen molar-refractivity contribution in [1.82, 2.24) is 9.80 Å². The van der Waals surface area contributed by atoms with Gasteiger partial charge in [0, 0.05) is 25.7 Å². The van der Waals surface area contributed by atoms with Gasteiger partial charge in [-0.1, -0.05) is 0 Å². The number of aliphatic hydroxyl groups is 2. The monoisotopic (exact) mass is 214 g/mol. The van der Waals surface area contributed by atoms with Gasteiger partial charge in [-0.25, -0.2) is 0 Å². The number of aliphatic hydroxyl groups excluding tert-OH is 2. The van der Waals surface area contributed by atoms with Crippen LogP contribution in [-0.4, -0.2) is 51.0 Å². The molecule has 2 aliphatic rings. The standard InChI is InChI=1S/C9H14N2O4/c12-6-1-2-7(13)10(6)5-11-8(14)3-4-9(11)15/h6,8,12,14H,1-5H2/t6-,8-/m0/s1. The number of hydrogen-bond donors (Lipinski definition) is 2. The van der Waals surface area contributed by atoms with Gasteiger partial charge in [-0.15, -0.1) is 0 Å². The van der Waals surface area contributed by atoms with Crippen LogP contribution in [0.5, 0.6) is 0 Å². The van der Waals surface area contributed by atoms with E-state index in [0.717, 1.165) is 0 Å². The molecule has 15 heavy (non-hydrogen) atoms. The molecule has 0 aromatic rings. The number of rotatable bonds is 2. The van der Waals surface area contributed by atoms with Crippen molar-refractivity contribution in [3.8, 4) is 0 Å². The molecule has 0 aromatic heterocycles. The van der Waals surface area contributed by atoms with E-state index in [1.54, 1.807) is 0 Å². The van der Waals surface area contributed by atoms with E-state index < -0.39 is 12.5 Å². The molecular formula is C9H14N2O4. The van der Waals surface area contributed by atoms with Crippen LogP contribution in [-0.2, 0) is 9.59 Å². The maximum atomic E-state index is 11.3. The maximum absolute atomic E-state index is 11.3. The minimum Gasteiger partial charge on any atom is -0.373 e. The molecule has 0 bridgehead atoms. The highest BCUT2D eigenvalue weighted by molar-refractivity contribution is 5.81. The number of carbonyl (C=O) groups excluding carboxylic acids is 2. The van der Waals surface area contributed by atoms with Crippen molar-refractivity contribution in [3.63, 3.8) is 0 Å². The van der Waals surface area contributed by atoms with Crippen LogP contribution in [0.3, 0.4) is 0 Å². The summed E-state index contributed by atoms with van der Waals surface area (Å²) in [4.78, 5) is 25.1. The molecule has 0 unspecified atom stereocenters. The SMILES string of the molecule is O=C1CC[C@H](O)N1CN1C(=O)CC[C@@H]1O. The summed E-state index contributed by atoms with van der Waals surface area (Å²) in [6.07, 6.45) is -0.233. The lowest BCUT2D eigenvalue weighted by atomic mass is 10.4. The Morgan fingerprint density at radius 1 is 1.00 bits per heavy atom. The summed E-state index contributed by atoms with van der Waals surface area (Å²) in [6.45, 7) is 0. The number of likely N-dealkylation sites (tertiary alicyclic amines) is 2. The molecule has 0 radical (unpaired) electrons. The Bertz CT molecular complexity index is 266. The Morgan fingerprint density at radius 2 is 1.40 bits per heavy atom. The minimum atomic E-state index is -0.821. The van der Waals surface area contributed by atoms with E-state index in [2.05, 4.69) is 0 Å². The third-order valence-electron chi connectivity index (χ3n) is 2.90. The number of carbonyl (C=O) groups is 2. The number of amides is 2. The fourth-order valence-corrected chi connectivity index (χ4v) is 1.95. The van der Waals surface area contributed by atoms with Crippen molar-refractivity contribution in [3.05, 3.63) is 0 Å². The Balaban J connectivity index is 2.01. The molecule has 2 amide bonds. The second-order valence-electron chi connectivity index (χ2n) is 3.91. The van der Waals surface area contributed by atoms with Gasteiger partial charge in [0.15, 0.2) is 0 Å². The molecule has 2 saturated heterocycles. The molecule has 84 valence electrons. The molecule has 6 heteroatoms. The zero-order chi connectivity index (χ0) is 11.0. The highest BCUT2D eigenvalue weighted by atomic mass is 16.3. The molecule has 6 nitrogen and oxygen atoms in total. The normalized spacial score (nSPS) is 31.9. The summed E-state index contributed by atoms with van der Waals surface area (Å²) in [5.74, 6) is -0.344. The average Bonchev–Trinajstić information content (AvgIpc) is 2.67. The van der Waals surface area contributed by atoms with Crippen LogP contribution in [0.25, 0.3) is 0 Å². The van der Waals surface area contributed by atoms with E-state index in [9.17, 15) is 19.8 Å². The first kappa shape index (κ1) is 10.4. The zero-order valence-corrected chi connectivity index (χ0v) is 8.30. The van der Waals surface area contributed by atoms with Crippen molar-refractivity contribution in [1.29, 1.82) is 0 Å². The van der Waals surface area contributed by atoms with E-state index in [0.29, 0.717) is 25.7 Å². The molecule has 2 aliphatic heterocycles. The molecule has 2 fully saturated rings. The van der Waals surface area contributed by atoms with E-state index in [1.807, 2.05) is 0 Å². The first-order valence-electron chi connectivity index (χ1n) is 5.04. The second-order valence-corrected chi connectivity index (χ2v) is 3.91. The van der Waals surface area contributed by atoms with Crippen molar-refractivity contribution in [2.75, 3.05) is 6.67 Å². The Morgan fingerprint density at radius 3 is 1.67 bits per heavy atom. The maximum Gasteiger partial charge on any atom is 0.226 e. The highest BCUT2D eigenvalue weighted by Crippen LogP contribution is 2.21. The van der Waals surface area contributed by atoms with Crippen LogP contribution >= 0.6 is 0 Å². The minimum absolute atomic E-state index is 0. The summed E-state index contributed by atoms with van der Waals surface area (Å²) >= 11 is 0. The summed E-state index contributed by atoms with van der Waals surface area (Å²) in [5, 5.41) is 19.0. The first-order valence-corrected chi connectivity index (χ1v) is 5.04. The van der Waals surface area contributed by atoms with Gasteiger partial charge in [-0.2, -0.15) is 0 Å². The van der Waals surface area contributed by atoms with Gasteiger partial charge in [-0.3, -0.25) is 19.4 Å². The van der Waals surface area contributed by atoms with Gasteiger partial charge in [0.05, 0.1) is 0 Å². The summed E-state index contributed by atoms with van der Waals surface area (Å²) in [5.41, 5.74) is 0. The second kappa shape index (κ2) is 3.79. The Kier molecular flexibility index (Phi) is 2.62. The van der Waals surface area contributed by atoms with Crippen LogP contribution < -0.4 is 0 Å². The number of hydrogen-bond acceptors (Lipinski definition) is 4. The first-order chi connectivity index (χ1) is 7.09. The van der Waals surface area contributed by atoms with Gasteiger partial charge in [0.2, 0.25) is 11.8 Å². The summed E-state index contributed by atoms with van der Waals surface area (Å²) in [7, 11) is 0. The Hall–Kier alpha value is -1.14. The van der Waals surface area contributed by atoms with E-state index in [1.165, 1.54) is 9.80 Å². The predicted molar refractivity (Wildman–Crippen MR) is 49.0 cm³/mol. The molecule has 0 aliphatic carbocycles. The third-order valence-corrected chi connectivity index (χ3v) is 2.90. The lowest BCUT2D eigenvalue weighted by Crippen LogP contribution is -2.46. The Labute approximate surface area is 87.1 Å². The van der Waals surface area contributed by atoms with Gasteiger partial charge < -0.3 is 10.2 Å². The van der Waals surface area contributed by atoms with Crippen molar-refractivity contribution >= 4 is 11.8 Å². The van der Waals surface area contributed by atoms with E-state index in [-0.39, 0.29) is 18.5 Å². The smallest absolute Gasteiger partial charge is 0.226 e. The van der Waals surface area contributed by atoms with E-state index in [4.69, 9.17) is 0 Å². The van der Waals surface area contributed by atoms with Crippen LogP contribution in [0, 0.1) is 0 Å². The van der Waals surface area contributed by atoms with Gasteiger partial charge in [-0.05, 0) is 0 Å². The van der Waals surface area contributed by atoms with Crippen LogP contribution in [0.1, 0.15) is 25.7 Å². The summed E-state index contributed by atoms with van der Waals surface area (Å²) < 4.78 is 0. The molecule has 2 N–H and O–H groups in total. The van der Waals surface area contributed by atoms with E-state index >= 15 is 0 Å². The van der Waals surface area contributed by atoms with Crippen LogP contribution in [0.2, 0.25) is 0 Å². The van der Waals surface area contributed by atoms with Gasteiger partial charge in [0.1, 0.15) is 19.1 Å². The zero-order valence-electron chi connectivity index (χ0n) is 8.30. The van der Waals surface area contributed by atoms with Gasteiger partial charge >= 0.3 is 0 Å². The molecule has 0 spiro atoms. The third kappa shape index (κ3) is 1.82. The summed E-state index contributed by atoms with van der Waals surface area (Å²) in [6, 6.07) is 0. The fraction of sp³-hybridized carbons (Fsp3) is 0.778. The highest BCUT2D eigenvalue weighted by Gasteiger charge is 2.36. The lowest BCUT2D eigenvalue weighted by Gasteiger charge is -2.28. The molecule has 0 saturated carbocycles. The largest absolute Gasteiger partial charge is 0.373 e. The quantitative estimate of drug-likeness (QED) is 0.606. The lowest BCUT2D eigenvalue weighted by molar-refractivity contribution is -0.146. The van der Waals surface area contributed by atoms with Gasteiger partial charge in [0.25, 0.3) is 0 Å². The van der Waals surface area contributed by atoms with Crippen molar-refractivity contribution in [2.24, 2.45) is 0 Å². The van der Waals surface area contributed by atoms with Crippen molar-refractivity contribution < 1.29 is 19.8 Å². The fourth-order valence-electron chi connectivity index (χ4n) is 1.95.